The summed E-state index contributed by atoms with van der Waals surface area (Å²) in [6.45, 7) is 4.36. The summed E-state index contributed by atoms with van der Waals surface area (Å²) in [5.41, 5.74) is 1.90. The zero-order valence-corrected chi connectivity index (χ0v) is 23.5. The molecule has 0 saturated carbocycles. The lowest BCUT2D eigenvalue weighted by Gasteiger charge is -2.30. The summed E-state index contributed by atoms with van der Waals surface area (Å²) in [6, 6.07) is 44.0. The highest BCUT2D eigenvalue weighted by Gasteiger charge is 2.36. The number of fused-ring (bicyclic) bond motifs is 1. The first kappa shape index (κ1) is 27.8. The van der Waals surface area contributed by atoms with Crippen molar-refractivity contribution in [3.05, 3.63) is 186 Å². The molecule has 0 saturated heterocycles. The van der Waals surface area contributed by atoms with Gasteiger partial charge in [-0.05, 0) is 40.5 Å². The van der Waals surface area contributed by atoms with Gasteiger partial charge >= 0.3 is 0 Å². The van der Waals surface area contributed by atoms with E-state index < -0.39 is 11.2 Å². The van der Waals surface area contributed by atoms with Gasteiger partial charge < -0.3 is 10.2 Å². The van der Waals surface area contributed by atoms with Crippen LogP contribution in [0.5, 0.6) is 0 Å². The Morgan fingerprint density at radius 3 is 1.70 bits per heavy atom. The zero-order valence-electron chi connectivity index (χ0n) is 23.5. The predicted molar refractivity (Wildman–Crippen MR) is 174 cm³/mol. The zero-order chi connectivity index (χ0) is 29.7. The monoisotopic (exact) mass is 561 g/mol. The Morgan fingerprint density at radius 1 is 0.605 bits per heavy atom. The molecule has 5 aromatic carbocycles. The summed E-state index contributed by atoms with van der Waals surface area (Å²) in [7, 11) is 0. The van der Waals surface area contributed by atoms with Gasteiger partial charge in [0.05, 0.1) is 5.70 Å². The number of nitrogens with zero attached hydrogens (tertiary/aromatic N) is 3. The molecule has 1 aromatic heterocycles. The highest BCUT2D eigenvalue weighted by atomic mass is 16.3. The molecule has 2 N–H and O–H groups in total. The maximum atomic E-state index is 12.5. The van der Waals surface area contributed by atoms with E-state index in [1.165, 1.54) is 4.68 Å². The molecule has 2 unspecified atom stereocenters. The molecule has 0 bridgehead atoms. The Hall–Kier alpha value is -5.36. The van der Waals surface area contributed by atoms with Crippen molar-refractivity contribution in [3.63, 3.8) is 0 Å². The van der Waals surface area contributed by atoms with Gasteiger partial charge in [0.15, 0.2) is 0 Å². The van der Waals surface area contributed by atoms with E-state index in [4.69, 9.17) is 0 Å². The number of aromatic nitrogens is 3. The van der Waals surface area contributed by atoms with E-state index in [0.717, 1.165) is 11.1 Å². The minimum absolute atomic E-state index is 0.267. The second kappa shape index (κ2) is 11.9. The van der Waals surface area contributed by atoms with Gasteiger partial charge in [0.25, 0.3) is 0 Å². The lowest BCUT2D eigenvalue weighted by Crippen LogP contribution is -2.30. The molecule has 2 atom stereocenters. The van der Waals surface area contributed by atoms with Crippen molar-refractivity contribution in [2.45, 2.75) is 11.2 Å². The van der Waals surface area contributed by atoms with Crippen LogP contribution in [0.2, 0.25) is 0 Å². The van der Waals surface area contributed by atoms with Crippen molar-refractivity contribution >= 4 is 28.9 Å². The molecule has 210 valence electrons. The van der Waals surface area contributed by atoms with Crippen molar-refractivity contribution in [3.8, 4) is 0 Å². The summed E-state index contributed by atoms with van der Waals surface area (Å²) in [6.07, 6.45) is 7.26. The van der Waals surface area contributed by atoms with Crippen LogP contribution in [0.3, 0.4) is 0 Å². The molecule has 0 aliphatic heterocycles. The minimum Gasteiger partial charge on any atom is -0.377 e. The SMILES string of the molecule is C=C(n1nnc2cccc(C(O)(C=Cc3ccccc3)c3ccccc3)c21)C(O)(C=Cc1ccccc1)c1ccccc1. The van der Waals surface area contributed by atoms with Gasteiger partial charge in [-0.3, -0.25) is 0 Å². The molecule has 6 aromatic rings. The fourth-order valence-corrected chi connectivity index (χ4v) is 5.28. The molecular weight excluding hydrogens is 530 g/mol. The molecule has 0 amide bonds. The molecule has 0 fully saturated rings. The number of para-hydroxylation sites is 1. The maximum absolute atomic E-state index is 12.5. The number of rotatable bonds is 9. The first-order chi connectivity index (χ1) is 21.0. The molecule has 43 heavy (non-hydrogen) atoms. The quantitative estimate of drug-likeness (QED) is 0.192. The van der Waals surface area contributed by atoms with Gasteiger partial charge in [-0.2, -0.15) is 0 Å². The van der Waals surface area contributed by atoms with Crippen LogP contribution in [0.25, 0.3) is 28.9 Å². The van der Waals surface area contributed by atoms with Crippen molar-refractivity contribution < 1.29 is 10.2 Å². The third-order valence-corrected chi connectivity index (χ3v) is 7.64. The van der Waals surface area contributed by atoms with Gasteiger partial charge in [0, 0.05) is 5.56 Å². The summed E-state index contributed by atoms with van der Waals surface area (Å²) in [5, 5.41) is 33.8. The fraction of sp³-hybridized carbons (Fsp3) is 0.0526. The molecular formula is C38H31N3O2. The van der Waals surface area contributed by atoms with Crippen LogP contribution in [-0.2, 0) is 11.2 Å². The smallest absolute Gasteiger partial charge is 0.150 e. The first-order valence-corrected chi connectivity index (χ1v) is 14.1. The van der Waals surface area contributed by atoms with E-state index in [1.54, 1.807) is 12.2 Å². The Kier molecular flexibility index (Phi) is 7.67. The summed E-state index contributed by atoms with van der Waals surface area (Å²) >= 11 is 0. The molecule has 5 heteroatoms. The molecule has 0 spiro atoms. The van der Waals surface area contributed by atoms with E-state index in [1.807, 2.05) is 152 Å². The highest BCUT2D eigenvalue weighted by Crippen LogP contribution is 2.40. The minimum atomic E-state index is -1.64. The largest absolute Gasteiger partial charge is 0.377 e. The molecule has 5 nitrogen and oxygen atoms in total. The van der Waals surface area contributed by atoms with Crippen LogP contribution in [0, 0.1) is 0 Å². The van der Waals surface area contributed by atoms with Crippen molar-refractivity contribution in [2.75, 3.05) is 0 Å². The van der Waals surface area contributed by atoms with Crippen molar-refractivity contribution in [1.82, 2.24) is 15.0 Å². The van der Waals surface area contributed by atoms with Gasteiger partial charge in [-0.1, -0.05) is 157 Å². The number of hydrogen-bond acceptors (Lipinski definition) is 4. The Bertz CT molecular complexity index is 1900. The van der Waals surface area contributed by atoms with Gasteiger partial charge in [-0.25, -0.2) is 4.68 Å². The molecule has 0 aliphatic rings. The standard InChI is InChI=1S/C38H31N3O2/c1-29(37(42,32-19-10-4-11-20-32)27-25-30-15-6-2-7-16-30)41-36-34(23-14-24-35(36)39-40-41)38(43,33-21-12-5-13-22-33)28-26-31-17-8-3-9-18-31/h2-28,42-43H,1H2. The Balaban J connectivity index is 1.54. The topological polar surface area (TPSA) is 71.2 Å². The fourth-order valence-electron chi connectivity index (χ4n) is 5.28. The van der Waals surface area contributed by atoms with E-state index in [0.29, 0.717) is 27.7 Å². The van der Waals surface area contributed by atoms with Gasteiger partial charge in [0.2, 0.25) is 0 Å². The highest BCUT2D eigenvalue weighted by molar-refractivity contribution is 5.85. The van der Waals surface area contributed by atoms with Crippen molar-refractivity contribution in [1.29, 1.82) is 0 Å². The molecule has 1 heterocycles. The van der Waals surface area contributed by atoms with Gasteiger partial charge in [-0.15, -0.1) is 5.10 Å². The molecule has 6 rings (SSSR count). The third kappa shape index (κ3) is 5.47. The maximum Gasteiger partial charge on any atom is 0.150 e. The predicted octanol–water partition coefficient (Wildman–Crippen LogP) is 7.45. The second-order valence-electron chi connectivity index (χ2n) is 10.4. The van der Waals surface area contributed by atoms with E-state index in [-0.39, 0.29) is 5.70 Å². The lowest BCUT2D eigenvalue weighted by molar-refractivity contribution is 0.136. The Morgan fingerprint density at radius 2 is 1.12 bits per heavy atom. The van der Waals surface area contributed by atoms with E-state index >= 15 is 0 Å². The molecule has 0 aliphatic carbocycles. The van der Waals surface area contributed by atoms with Crippen LogP contribution in [-0.4, -0.2) is 25.2 Å². The number of hydrogen-bond donors (Lipinski definition) is 2. The normalized spacial score (nSPS) is 14.6. The van der Waals surface area contributed by atoms with E-state index in [9.17, 15) is 10.2 Å². The van der Waals surface area contributed by atoms with Crippen LogP contribution >= 0.6 is 0 Å². The average molecular weight is 562 g/mol. The second-order valence-corrected chi connectivity index (χ2v) is 10.4. The summed E-state index contributed by atoms with van der Waals surface area (Å²) in [5.74, 6) is 0. The van der Waals surface area contributed by atoms with Crippen LogP contribution in [0.1, 0.15) is 27.8 Å². The molecule has 0 radical (unpaired) electrons. The Labute approximate surface area is 251 Å². The van der Waals surface area contributed by atoms with Gasteiger partial charge in [0.1, 0.15) is 22.2 Å². The van der Waals surface area contributed by atoms with Crippen molar-refractivity contribution in [2.24, 2.45) is 0 Å². The lowest BCUT2D eigenvalue weighted by atomic mass is 9.84. The number of benzene rings is 5. The van der Waals surface area contributed by atoms with E-state index in [2.05, 4.69) is 16.9 Å². The third-order valence-electron chi connectivity index (χ3n) is 7.64. The first-order valence-electron chi connectivity index (χ1n) is 14.1. The van der Waals surface area contributed by atoms with Crippen LogP contribution < -0.4 is 0 Å². The van der Waals surface area contributed by atoms with Crippen LogP contribution in [0.15, 0.2) is 158 Å². The summed E-state index contributed by atoms with van der Waals surface area (Å²) in [4.78, 5) is 0. The summed E-state index contributed by atoms with van der Waals surface area (Å²) < 4.78 is 1.54. The van der Waals surface area contributed by atoms with Crippen LogP contribution in [0.4, 0.5) is 0 Å². The number of aliphatic hydroxyl groups is 2. The average Bonchev–Trinajstić information content (AvgIpc) is 3.52.